The van der Waals surface area contributed by atoms with Gasteiger partial charge >= 0.3 is 0 Å². The lowest BCUT2D eigenvalue weighted by atomic mass is 10.0. The summed E-state index contributed by atoms with van der Waals surface area (Å²) in [6.07, 6.45) is 6.40. The number of hydrogen-bond donors (Lipinski definition) is 1. The zero-order valence-electron chi connectivity index (χ0n) is 9.90. The minimum atomic E-state index is -0.197. The lowest BCUT2D eigenvalue weighted by molar-refractivity contribution is 0.475. The first kappa shape index (κ1) is 11.0. The maximum atomic E-state index is 13.8. The van der Waals surface area contributed by atoms with Gasteiger partial charge in [-0.1, -0.05) is 0 Å². The smallest absolute Gasteiger partial charge is 0.165 e. The normalized spacial score (nSPS) is 28.9. The molecule has 3 nitrogen and oxygen atoms in total. The molecule has 1 aromatic heterocycles. The molecule has 4 heteroatoms. The van der Waals surface area contributed by atoms with Crippen LogP contribution in [0.2, 0.25) is 0 Å². The second-order valence-corrected chi connectivity index (χ2v) is 4.91. The van der Waals surface area contributed by atoms with Gasteiger partial charge in [-0.3, -0.25) is 0 Å². The summed E-state index contributed by atoms with van der Waals surface area (Å²) in [6.45, 7) is 2.02. The standard InChI is InChI=1S/C13H18FN3/c14-10-4-1-8-16-13(10)17-9-3-6-12(17)11-5-2-7-15-11/h1,4,8,11-12,15H,2-3,5-7,9H2. The molecule has 0 aromatic carbocycles. The minimum Gasteiger partial charge on any atom is -0.350 e. The monoisotopic (exact) mass is 235 g/mol. The molecule has 2 fully saturated rings. The topological polar surface area (TPSA) is 28.2 Å². The van der Waals surface area contributed by atoms with Crippen LogP contribution in [0.1, 0.15) is 25.7 Å². The average Bonchev–Trinajstić information content (AvgIpc) is 3.00. The molecule has 92 valence electrons. The van der Waals surface area contributed by atoms with Crippen molar-refractivity contribution in [3.05, 3.63) is 24.1 Å². The van der Waals surface area contributed by atoms with Gasteiger partial charge in [0.15, 0.2) is 11.6 Å². The summed E-state index contributed by atoms with van der Waals surface area (Å²) in [5.41, 5.74) is 0. The van der Waals surface area contributed by atoms with Gasteiger partial charge in [0.1, 0.15) is 0 Å². The van der Waals surface area contributed by atoms with E-state index in [2.05, 4.69) is 15.2 Å². The number of nitrogens with zero attached hydrogens (tertiary/aromatic N) is 2. The molecule has 1 aromatic rings. The molecule has 3 heterocycles. The molecule has 0 bridgehead atoms. The first-order valence-corrected chi connectivity index (χ1v) is 6.47. The molecule has 2 aliphatic heterocycles. The first-order chi connectivity index (χ1) is 8.36. The maximum absolute atomic E-state index is 13.8. The molecule has 17 heavy (non-hydrogen) atoms. The van der Waals surface area contributed by atoms with Crippen LogP contribution in [0.4, 0.5) is 10.2 Å². The van der Waals surface area contributed by atoms with Crippen molar-refractivity contribution >= 4 is 5.82 Å². The third-order valence-corrected chi connectivity index (χ3v) is 3.87. The quantitative estimate of drug-likeness (QED) is 0.849. The van der Waals surface area contributed by atoms with Crippen LogP contribution in [0.5, 0.6) is 0 Å². The van der Waals surface area contributed by atoms with Crippen LogP contribution in [-0.4, -0.2) is 30.2 Å². The SMILES string of the molecule is Fc1cccnc1N1CCCC1C1CCCN1. The summed E-state index contributed by atoms with van der Waals surface area (Å²) in [5.74, 6) is 0.334. The molecule has 0 saturated carbocycles. The number of nitrogens with one attached hydrogen (secondary N) is 1. The van der Waals surface area contributed by atoms with Crippen molar-refractivity contribution in [3.63, 3.8) is 0 Å². The summed E-state index contributed by atoms with van der Waals surface area (Å²) in [5, 5.41) is 3.53. The van der Waals surface area contributed by atoms with E-state index in [4.69, 9.17) is 0 Å². The molecule has 0 spiro atoms. The van der Waals surface area contributed by atoms with Crippen molar-refractivity contribution in [1.29, 1.82) is 0 Å². The van der Waals surface area contributed by atoms with E-state index >= 15 is 0 Å². The first-order valence-electron chi connectivity index (χ1n) is 6.47. The average molecular weight is 235 g/mol. The number of rotatable bonds is 2. The van der Waals surface area contributed by atoms with E-state index in [1.54, 1.807) is 12.3 Å². The lowest BCUT2D eigenvalue weighted by Crippen LogP contribution is -2.44. The van der Waals surface area contributed by atoms with Crippen molar-refractivity contribution in [2.45, 2.75) is 37.8 Å². The highest BCUT2D eigenvalue weighted by Crippen LogP contribution is 2.29. The molecular formula is C13H18FN3. The minimum absolute atomic E-state index is 0.197. The summed E-state index contributed by atoms with van der Waals surface area (Å²) >= 11 is 0. The number of hydrogen-bond acceptors (Lipinski definition) is 3. The Kier molecular flexibility index (Phi) is 2.97. The predicted molar refractivity (Wildman–Crippen MR) is 65.6 cm³/mol. The number of pyridine rings is 1. The largest absolute Gasteiger partial charge is 0.350 e. The highest BCUT2D eigenvalue weighted by molar-refractivity contribution is 5.42. The van der Waals surface area contributed by atoms with Crippen molar-refractivity contribution in [2.75, 3.05) is 18.0 Å². The van der Waals surface area contributed by atoms with Gasteiger partial charge in [0.05, 0.1) is 0 Å². The third-order valence-electron chi connectivity index (χ3n) is 3.87. The van der Waals surface area contributed by atoms with Crippen LogP contribution in [0, 0.1) is 5.82 Å². The Hall–Kier alpha value is -1.16. The van der Waals surface area contributed by atoms with Gasteiger partial charge in [-0.25, -0.2) is 9.37 Å². The summed E-state index contributed by atoms with van der Waals surface area (Å²) < 4.78 is 13.8. The fraction of sp³-hybridized carbons (Fsp3) is 0.615. The van der Waals surface area contributed by atoms with E-state index in [0.717, 1.165) is 25.9 Å². The fourth-order valence-electron chi connectivity index (χ4n) is 3.10. The molecule has 0 aliphatic carbocycles. The van der Waals surface area contributed by atoms with Crippen LogP contribution in [-0.2, 0) is 0 Å². The van der Waals surface area contributed by atoms with Crippen LogP contribution < -0.4 is 10.2 Å². The predicted octanol–water partition coefficient (Wildman–Crippen LogP) is 1.94. The Bertz CT molecular complexity index is 390. The van der Waals surface area contributed by atoms with Crippen molar-refractivity contribution < 1.29 is 4.39 Å². The molecular weight excluding hydrogens is 217 g/mol. The number of anilines is 1. The molecule has 2 aliphatic rings. The Morgan fingerprint density at radius 3 is 3.06 bits per heavy atom. The van der Waals surface area contributed by atoms with Crippen molar-refractivity contribution in [3.8, 4) is 0 Å². The third kappa shape index (κ3) is 2.02. The fourth-order valence-corrected chi connectivity index (χ4v) is 3.10. The van der Waals surface area contributed by atoms with E-state index in [1.165, 1.54) is 18.9 Å². The van der Waals surface area contributed by atoms with Crippen LogP contribution in [0.15, 0.2) is 18.3 Å². The van der Waals surface area contributed by atoms with Crippen LogP contribution >= 0.6 is 0 Å². The van der Waals surface area contributed by atoms with Crippen LogP contribution in [0.3, 0.4) is 0 Å². The van der Waals surface area contributed by atoms with Crippen molar-refractivity contribution in [1.82, 2.24) is 10.3 Å². The van der Waals surface area contributed by atoms with E-state index in [1.807, 2.05) is 0 Å². The Balaban J connectivity index is 1.84. The van der Waals surface area contributed by atoms with E-state index in [9.17, 15) is 4.39 Å². The summed E-state index contributed by atoms with van der Waals surface area (Å²) in [6, 6.07) is 4.08. The Morgan fingerprint density at radius 1 is 1.35 bits per heavy atom. The highest BCUT2D eigenvalue weighted by atomic mass is 19.1. The second kappa shape index (κ2) is 4.61. The van der Waals surface area contributed by atoms with Gasteiger partial charge in [-0.15, -0.1) is 0 Å². The highest BCUT2D eigenvalue weighted by Gasteiger charge is 2.34. The molecule has 2 atom stereocenters. The maximum Gasteiger partial charge on any atom is 0.165 e. The lowest BCUT2D eigenvalue weighted by Gasteiger charge is -2.30. The Labute approximate surface area is 101 Å². The van der Waals surface area contributed by atoms with E-state index in [-0.39, 0.29) is 5.82 Å². The molecule has 0 amide bonds. The second-order valence-electron chi connectivity index (χ2n) is 4.91. The molecule has 3 rings (SSSR count). The van der Waals surface area contributed by atoms with Gasteiger partial charge in [0, 0.05) is 24.8 Å². The molecule has 2 unspecified atom stereocenters. The summed E-state index contributed by atoms with van der Waals surface area (Å²) in [7, 11) is 0. The molecule has 2 saturated heterocycles. The van der Waals surface area contributed by atoms with Gasteiger partial charge in [0.2, 0.25) is 0 Å². The van der Waals surface area contributed by atoms with Gasteiger partial charge < -0.3 is 10.2 Å². The van der Waals surface area contributed by atoms with Gasteiger partial charge in [0.25, 0.3) is 0 Å². The van der Waals surface area contributed by atoms with Crippen molar-refractivity contribution in [2.24, 2.45) is 0 Å². The Morgan fingerprint density at radius 2 is 2.29 bits per heavy atom. The van der Waals surface area contributed by atoms with Gasteiger partial charge in [-0.2, -0.15) is 0 Å². The molecule has 0 radical (unpaired) electrons. The van der Waals surface area contributed by atoms with Crippen LogP contribution in [0.25, 0.3) is 0 Å². The summed E-state index contributed by atoms with van der Waals surface area (Å²) in [4.78, 5) is 6.36. The zero-order valence-corrected chi connectivity index (χ0v) is 9.90. The van der Waals surface area contributed by atoms with E-state index < -0.39 is 0 Å². The van der Waals surface area contributed by atoms with E-state index in [0.29, 0.717) is 17.9 Å². The molecule has 1 N–H and O–H groups in total. The number of aromatic nitrogens is 1. The zero-order chi connectivity index (χ0) is 11.7. The van der Waals surface area contributed by atoms with Gasteiger partial charge in [-0.05, 0) is 44.4 Å². The number of halogens is 1.